The molecule has 2 aromatic rings. The van der Waals surface area contributed by atoms with E-state index in [1.807, 2.05) is 11.4 Å². The van der Waals surface area contributed by atoms with Gasteiger partial charge in [-0.05, 0) is 36.0 Å². The van der Waals surface area contributed by atoms with E-state index in [4.69, 9.17) is 0 Å². The lowest BCUT2D eigenvalue weighted by Crippen LogP contribution is -2.32. The maximum Gasteiger partial charge on any atom is 0.335 e. The number of nitrogens with one attached hydrogen (secondary N) is 1. The van der Waals surface area contributed by atoms with Crippen LogP contribution in [0.4, 0.5) is 5.13 Å². The van der Waals surface area contributed by atoms with Crippen molar-refractivity contribution >= 4 is 28.3 Å². The van der Waals surface area contributed by atoms with E-state index in [0.717, 1.165) is 24.8 Å². The molecule has 2 saturated carbocycles. The quantitative estimate of drug-likeness (QED) is 0.821. The number of aromatic carboxylic acids is 1. The molecule has 0 saturated heterocycles. The molecule has 6 heteroatoms. The van der Waals surface area contributed by atoms with E-state index in [1.165, 1.54) is 30.6 Å². The molecule has 2 N–H and O–H groups in total. The number of carbonyl (C=O) groups excluding carboxylic acids is 1. The minimum Gasteiger partial charge on any atom is -0.478 e. The van der Waals surface area contributed by atoms with Crippen molar-refractivity contribution in [3.05, 3.63) is 47.0 Å². The van der Waals surface area contributed by atoms with Crippen LogP contribution in [0.25, 0.3) is 0 Å². The Labute approximate surface area is 156 Å². The van der Waals surface area contributed by atoms with Gasteiger partial charge in [0, 0.05) is 11.6 Å². The van der Waals surface area contributed by atoms with Crippen LogP contribution in [0.15, 0.2) is 35.8 Å². The van der Waals surface area contributed by atoms with E-state index in [9.17, 15) is 14.7 Å². The van der Waals surface area contributed by atoms with Crippen LogP contribution >= 0.6 is 11.3 Å². The molecule has 1 aromatic heterocycles. The topological polar surface area (TPSA) is 79.3 Å². The fourth-order valence-electron chi connectivity index (χ4n) is 4.54. The van der Waals surface area contributed by atoms with Crippen molar-refractivity contribution in [3.63, 3.8) is 0 Å². The Balaban J connectivity index is 1.67. The number of hydrogen-bond acceptors (Lipinski definition) is 4. The van der Waals surface area contributed by atoms with Gasteiger partial charge in [-0.15, -0.1) is 11.3 Å². The van der Waals surface area contributed by atoms with Crippen molar-refractivity contribution in [1.82, 2.24) is 4.98 Å². The second-order valence-electron chi connectivity index (χ2n) is 7.36. The zero-order valence-electron chi connectivity index (χ0n) is 14.5. The Kier molecular flexibility index (Phi) is 4.53. The van der Waals surface area contributed by atoms with Crippen LogP contribution in [0.1, 0.15) is 54.4 Å². The van der Waals surface area contributed by atoms with Gasteiger partial charge >= 0.3 is 5.97 Å². The second kappa shape index (κ2) is 6.83. The number of nitrogens with zero attached hydrogens (tertiary/aromatic N) is 1. The number of rotatable bonds is 5. The molecule has 2 aliphatic rings. The average Bonchev–Trinajstić information content (AvgIpc) is 3.24. The first-order valence-corrected chi connectivity index (χ1v) is 10.0. The highest BCUT2D eigenvalue weighted by atomic mass is 32.1. The standard InChI is InChI=1S/C20H22N2O3S/c23-17(24)14-7-4-8-15(11-14)20(18(25)22-19-21-9-10-26-19)12-16(20)13-5-2-1-3-6-13/h4,7-11,13,16H,1-3,5-6,12H2,(H,23,24)(H,21,22,25). The fourth-order valence-corrected chi connectivity index (χ4v) is 5.07. The Morgan fingerprint density at radius 3 is 2.73 bits per heavy atom. The second-order valence-corrected chi connectivity index (χ2v) is 8.25. The van der Waals surface area contributed by atoms with Crippen LogP contribution in [-0.2, 0) is 10.2 Å². The molecular formula is C20H22N2O3S. The molecule has 2 fully saturated rings. The van der Waals surface area contributed by atoms with E-state index in [2.05, 4.69) is 10.3 Å². The number of aromatic nitrogens is 1. The first-order valence-electron chi connectivity index (χ1n) is 9.16. The van der Waals surface area contributed by atoms with E-state index >= 15 is 0 Å². The van der Waals surface area contributed by atoms with Gasteiger partial charge in [-0.25, -0.2) is 9.78 Å². The smallest absolute Gasteiger partial charge is 0.335 e. The summed E-state index contributed by atoms with van der Waals surface area (Å²) in [5, 5.41) is 14.7. The minimum absolute atomic E-state index is 0.0504. The number of amides is 1. The molecule has 0 bridgehead atoms. The number of carbonyl (C=O) groups is 2. The molecule has 2 unspecified atom stereocenters. The third-order valence-corrected chi connectivity index (χ3v) is 6.60. The van der Waals surface area contributed by atoms with Gasteiger partial charge in [0.1, 0.15) is 0 Å². The van der Waals surface area contributed by atoms with Crippen molar-refractivity contribution < 1.29 is 14.7 Å². The first-order chi connectivity index (χ1) is 12.6. The lowest BCUT2D eigenvalue weighted by Gasteiger charge is -2.25. The van der Waals surface area contributed by atoms with Crippen molar-refractivity contribution in [3.8, 4) is 0 Å². The van der Waals surface area contributed by atoms with E-state index < -0.39 is 11.4 Å². The summed E-state index contributed by atoms with van der Waals surface area (Å²) < 4.78 is 0. The van der Waals surface area contributed by atoms with Crippen LogP contribution in [0, 0.1) is 11.8 Å². The van der Waals surface area contributed by atoms with Gasteiger partial charge in [-0.2, -0.15) is 0 Å². The molecule has 0 aliphatic heterocycles. The number of benzene rings is 1. The van der Waals surface area contributed by atoms with Crippen LogP contribution < -0.4 is 5.32 Å². The SMILES string of the molecule is O=C(O)c1cccc(C2(C(=O)Nc3nccs3)CC2C2CCCCC2)c1. The van der Waals surface area contributed by atoms with Crippen LogP contribution in [0.3, 0.4) is 0 Å². The number of thiazole rings is 1. The van der Waals surface area contributed by atoms with Crippen molar-refractivity contribution in [2.45, 2.75) is 43.9 Å². The zero-order valence-corrected chi connectivity index (χ0v) is 15.3. The van der Waals surface area contributed by atoms with Gasteiger partial charge in [0.15, 0.2) is 5.13 Å². The van der Waals surface area contributed by atoms with Gasteiger partial charge in [0.2, 0.25) is 5.91 Å². The highest BCUT2D eigenvalue weighted by molar-refractivity contribution is 7.13. The molecule has 2 atom stereocenters. The minimum atomic E-state index is -0.961. The van der Waals surface area contributed by atoms with Crippen molar-refractivity contribution in [2.75, 3.05) is 5.32 Å². The molecular weight excluding hydrogens is 348 g/mol. The maximum atomic E-state index is 13.2. The average molecular weight is 370 g/mol. The van der Waals surface area contributed by atoms with Crippen LogP contribution in [0.2, 0.25) is 0 Å². The Hall–Kier alpha value is -2.21. The molecule has 0 radical (unpaired) electrons. The van der Waals surface area contributed by atoms with E-state index in [-0.39, 0.29) is 17.4 Å². The highest BCUT2D eigenvalue weighted by Crippen LogP contribution is 2.61. The summed E-state index contributed by atoms with van der Waals surface area (Å²) >= 11 is 1.40. The normalized spacial score (nSPS) is 25.6. The molecule has 2 aliphatic carbocycles. The van der Waals surface area contributed by atoms with Crippen LogP contribution in [-0.4, -0.2) is 22.0 Å². The highest BCUT2D eigenvalue weighted by Gasteiger charge is 2.63. The van der Waals surface area contributed by atoms with Gasteiger partial charge < -0.3 is 10.4 Å². The van der Waals surface area contributed by atoms with Crippen molar-refractivity contribution in [1.29, 1.82) is 0 Å². The van der Waals surface area contributed by atoms with Gasteiger partial charge in [-0.3, -0.25) is 4.79 Å². The summed E-state index contributed by atoms with van der Waals surface area (Å²) in [4.78, 5) is 28.8. The van der Waals surface area contributed by atoms with Gasteiger partial charge in [0.25, 0.3) is 0 Å². The Bertz CT molecular complexity index is 814. The number of carboxylic acids is 1. The summed E-state index contributed by atoms with van der Waals surface area (Å²) in [7, 11) is 0. The lowest BCUT2D eigenvalue weighted by atomic mass is 9.80. The number of anilines is 1. The van der Waals surface area contributed by atoms with E-state index in [0.29, 0.717) is 11.0 Å². The number of carboxylic acid groups (broad SMARTS) is 1. The molecule has 5 nitrogen and oxygen atoms in total. The predicted molar refractivity (Wildman–Crippen MR) is 101 cm³/mol. The third kappa shape index (κ3) is 3.03. The summed E-state index contributed by atoms with van der Waals surface area (Å²) in [6, 6.07) is 6.90. The van der Waals surface area contributed by atoms with E-state index in [1.54, 1.807) is 24.4 Å². The summed E-state index contributed by atoms with van der Waals surface area (Å²) in [6.45, 7) is 0. The maximum absolute atomic E-state index is 13.2. The van der Waals surface area contributed by atoms with Gasteiger partial charge in [-0.1, -0.05) is 44.2 Å². The van der Waals surface area contributed by atoms with Crippen molar-refractivity contribution in [2.24, 2.45) is 11.8 Å². The molecule has 1 amide bonds. The third-order valence-electron chi connectivity index (χ3n) is 5.92. The molecule has 1 heterocycles. The molecule has 1 aromatic carbocycles. The predicted octanol–water partition coefficient (Wildman–Crippen LogP) is 4.32. The summed E-state index contributed by atoms with van der Waals surface area (Å²) in [5.74, 6) is -0.186. The summed E-state index contributed by atoms with van der Waals surface area (Å²) in [5.41, 5.74) is 0.430. The Morgan fingerprint density at radius 1 is 1.23 bits per heavy atom. The number of hydrogen-bond donors (Lipinski definition) is 2. The molecule has 136 valence electrons. The Morgan fingerprint density at radius 2 is 2.04 bits per heavy atom. The zero-order chi connectivity index (χ0) is 18.1. The monoisotopic (exact) mass is 370 g/mol. The largest absolute Gasteiger partial charge is 0.478 e. The molecule has 0 spiro atoms. The molecule has 26 heavy (non-hydrogen) atoms. The fraction of sp³-hybridized carbons (Fsp3) is 0.450. The van der Waals surface area contributed by atoms with Gasteiger partial charge in [0.05, 0.1) is 11.0 Å². The molecule has 4 rings (SSSR count). The summed E-state index contributed by atoms with van der Waals surface area (Å²) in [6.07, 6.45) is 8.50. The van der Waals surface area contributed by atoms with Crippen LogP contribution in [0.5, 0.6) is 0 Å². The first kappa shape index (κ1) is 17.2. The lowest BCUT2D eigenvalue weighted by molar-refractivity contribution is -0.119.